The van der Waals surface area contributed by atoms with Crippen LogP contribution in [0.3, 0.4) is 0 Å². The van der Waals surface area contributed by atoms with Gasteiger partial charge in [-0.1, -0.05) is 0 Å². The average Bonchev–Trinajstić information content (AvgIpc) is 2.25. The Hall–Kier alpha value is -2.24. The first-order chi connectivity index (χ1) is 7.25. The fourth-order valence-electron chi connectivity index (χ4n) is 1.11. The molecule has 0 saturated carbocycles. The molecule has 2 rings (SSSR count). The maximum absolute atomic E-state index is 11.3. The number of nitrogens with two attached hydrogens (primary N) is 1. The molecule has 2 heterocycles. The summed E-state index contributed by atoms with van der Waals surface area (Å²) in [5.74, 6) is 0.354. The van der Waals surface area contributed by atoms with Crippen LogP contribution in [0, 0.1) is 0 Å². The summed E-state index contributed by atoms with van der Waals surface area (Å²) < 4.78 is 1.31. The third-order valence-electron chi connectivity index (χ3n) is 1.82. The number of hydrogen-bond donors (Lipinski definition) is 1. The molecular weight excluding hydrogens is 194 g/mol. The standard InChI is InChI=1S/C9H9N5O/c10-8-5-11-7(4-12-8)6-14-9(15)2-1-3-13-14/h1-5H,6H2,(H2,10,12). The van der Waals surface area contributed by atoms with Gasteiger partial charge in [-0.2, -0.15) is 5.10 Å². The third kappa shape index (κ3) is 2.16. The van der Waals surface area contributed by atoms with Gasteiger partial charge >= 0.3 is 0 Å². The van der Waals surface area contributed by atoms with Crippen LogP contribution in [0.5, 0.6) is 0 Å². The fraction of sp³-hybridized carbons (Fsp3) is 0.111. The zero-order valence-corrected chi connectivity index (χ0v) is 7.87. The lowest BCUT2D eigenvalue weighted by molar-refractivity contribution is 0.626. The van der Waals surface area contributed by atoms with Crippen LogP contribution < -0.4 is 11.3 Å². The molecule has 2 aromatic rings. The lowest BCUT2D eigenvalue weighted by Gasteiger charge is -2.02. The Labute approximate surface area is 85.4 Å². The normalized spacial score (nSPS) is 10.1. The van der Waals surface area contributed by atoms with E-state index < -0.39 is 0 Å². The van der Waals surface area contributed by atoms with E-state index >= 15 is 0 Å². The van der Waals surface area contributed by atoms with Gasteiger partial charge in [0, 0.05) is 12.3 Å². The Bertz CT molecular complexity index is 504. The van der Waals surface area contributed by atoms with Crippen molar-refractivity contribution in [2.24, 2.45) is 0 Å². The van der Waals surface area contributed by atoms with E-state index in [1.165, 1.54) is 23.1 Å². The maximum Gasteiger partial charge on any atom is 0.267 e. The highest BCUT2D eigenvalue weighted by atomic mass is 16.1. The Kier molecular flexibility index (Phi) is 2.40. The fourth-order valence-corrected chi connectivity index (χ4v) is 1.11. The number of nitrogen functional groups attached to an aromatic ring is 1. The Morgan fingerprint density at radius 1 is 1.33 bits per heavy atom. The molecule has 0 aliphatic heterocycles. The van der Waals surface area contributed by atoms with Gasteiger partial charge in [0.25, 0.3) is 5.56 Å². The summed E-state index contributed by atoms with van der Waals surface area (Å²) in [7, 11) is 0. The molecule has 0 unspecified atom stereocenters. The smallest absolute Gasteiger partial charge is 0.267 e. The van der Waals surface area contributed by atoms with Crippen molar-refractivity contribution < 1.29 is 0 Å². The second-order valence-electron chi connectivity index (χ2n) is 2.95. The summed E-state index contributed by atoms with van der Waals surface area (Å²) in [6.07, 6.45) is 4.52. The summed E-state index contributed by atoms with van der Waals surface area (Å²) in [4.78, 5) is 19.2. The SMILES string of the molecule is Nc1cnc(Cn2ncccc2=O)cn1. The molecule has 0 amide bonds. The van der Waals surface area contributed by atoms with Crippen molar-refractivity contribution in [2.75, 3.05) is 5.73 Å². The van der Waals surface area contributed by atoms with Crippen molar-refractivity contribution in [3.8, 4) is 0 Å². The van der Waals surface area contributed by atoms with Crippen LogP contribution in [-0.2, 0) is 6.54 Å². The van der Waals surface area contributed by atoms with Gasteiger partial charge in [0.2, 0.25) is 0 Å². The highest BCUT2D eigenvalue weighted by Gasteiger charge is 1.99. The minimum Gasteiger partial charge on any atom is -0.382 e. The third-order valence-corrected chi connectivity index (χ3v) is 1.82. The van der Waals surface area contributed by atoms with E-state index in [0.717, 1.165) is 0 Å². The van der Waals surface area contributed by atoms with Crippen molar-refractivity contribution in [3.05, 3.63) is 46.8 Å². The molecule has 6 heteroatoms. The van der Waals surface area contributed by atoms with E-state index in [0.29, 0.717) is 18.1 Å². The van der Waals surface area contributed by atoms with Crippen LogP contribution in [0.25, 0.3) is 0 Å². The molecule has 0 atom stereocenters. The first kappa shape index (κ1) is 9.32. The number of rotatable bonds is 2. The van der Waals surface area contributed by atoms with Gasteiger partial charge in [-0.25, -0.2) is 9.67 Å². The Morgan fingerprint density at radius 3 is 2.87 bits per heavy atom. The van der Waals surface area contributed by atoms with Crippen molar-refractivity contribution in [1.82, 2.24) is 19.7 Å². The topological polar surface area (TPSA) is 86.7 Å². The van der Waals surface area contributed by atoms with E-state index in [1.807, 2.05) is 0 Å². The van der Waals surface area contributed by atoms with Crippen LogP contribution in [0.4, 0.5) is 5.82 Å². The second-order valence-corrected chi connectivity index (χ2v) is 2.95. The molecule has 15 heavy (non-hydrogen) atoms. The van der Waals surface area contributed by atoms with Crippen LogP contribution in [0.1, 0.15) is 5.69 Å². The van der Waals surface area contributed by atoms with Gasteiger partial charge in [-0.3, -0.25) is 9.78 Å². The van der Waals surface area contributed by atoms with E-state index in [9.17, 15) is 4.79 Å². The summed E-state index contributed by atoms with van der Waals surface area (Å²) in [6.45, 7) is 0.299. The highest BCUT2D eigenvalue weighted by molar-refractivity contribution is 5.22. The average molecular weight is 203 g/mol. The van der Waals surface area contributed by atoms with Crippen LogP contribution in [0.15, 0.2) is 35.5 Å². The van der Waals surface area contributed by atoms with E-state index in [4.69, 9.17) is 5.73 Å². The molecule has 76 valence electrons. The van der Waals surface area contributed by atoms with Gasteiger partial charge in [-0.05, 0) is 6.07 Å². The first-order valence-electron chi connectivity index (χ1n) is 4.34. The van der Waals surface area contributed by atoms with Gasteiger partial charge < -0.3 is 5.73 Å². The number of hydrogen-bond acceptors (Lipinski definition) is 5. The van der Waals surface area contributed by atoms with Crippen molar-refractivity contribution in [3.63, 3.8) is 0 Å². The molecule has 0 bridgehead atoms. The molecule has 0 spiro atoms. The quantitative estimate of drug-likeness (QED) is 0.721. The van der Waals surface area contributed by atoms with E-state index in [1.54, 1.807) is 12.3 Å². The molecule has 0 aliphatic carbocycles. The molecule has 0 radical (unpaired) electrons. The van der Waals surface area contributed by atoms with Crippen LogP contribution in [0.2, 0.25) is 0 Å². The van der Waals surface area contributed by atoms with Crippen molar-refractivity contribution in [2.45, 2.75) is 6.54 Å². The zero-order valence-electron chi connectivity index (χ0n) is 7.87. The molecule has 0 aliphatic rings. The zero-order chi connectivity index (χ0) is 10.7. The van der Waals surface area contributed by atoms with Crippen molar-refractivity contribution >= 4 is 5.82 Å². The molecule has 2 aromatic heterocycles. The highest BCUT2D eigenvalue weighted by Crippen LogP contribution is 1.96. The molecular formula is C9H9N5O. The predicted octanol–water partition coefficient (Wildman–Crippen LogP) is -0.336. The Morgan fingerprint density at radius 2 is 2.20 bits per heavy atom. The number of aromatic nitrogens is 4. The van der Waals surface area contributed by atoms with Gasteiger partial charge in [0.1, 0.15) is 5.82 Å². The number of anilines is 1. The van der Waals surface area contributed by atoms with Gasteiger partial charge in [0.05, 0.1) is 24.6 Å². The summed E-state index contributed by atoms with van der Waals surface area (Å²) in [6, 6.07) is 3.03. The van der Waals surface area contributed by atoms with E-state index in [2.05, 4.69) is 15.1 Å². The molecule has 0 fully saturated rings. The van der Waals surface area contributed by atoms with Gasteiger partial charge in [0.15, 0.2) is 0 Å². The molecule has 6 nitrogen and oxygen atoms in total. The largest absolute Gasteiger partial charge is 0.382 e. The molecule has 0 aromatic carbocycles. The van der Waals surface area contributed by atoms with Gasteiger partial charge in [-0.15, -0.1) is 0 Å². The molecule has 2 N–H and O–H groups in total. The second kappa shape index (κ2) is 3.87. The van der Waals surface area contributed by atoms with Crippen LogP contribution in [-0.4, -0.2) is 19.7 Å². The van der Waals surface area contributed by atoms with Crippen molar-refractivity contribution in [1.29, 1.82) is 0 Å². The minimum absolute atomic E-state index is 0.170. The van der Waals surface area contributed by atoms with E-state index in [-0.39, 0.29) is 5.56 Å². The molecule has 0 saturated heterocycles. The summed E-state index contributed by atoms with van der Waals surface area (Å²) >= 11 is 0. The number of nitrogens with zero attached hydrogens (tertiary/aromatic N) is 4. The monoisotopic (exact) mass is 203 g/mol. The lowest BCUT2D eigenvalue weighted by atomic mass is 10.4. The lowest BCUT2D eigenvalue weighted by Crippen LogP contribution is -2.22. The first-order valence-corrected chi connectivity index (χ1v) is 4.34. The van der Waals surface area contributed by atoms with Crippen LogP contribution >= 0.6 is 0 Å². The maximum atomic E-state index is 11.3. The summed E-state index contributed by atoms with van der Waals surface area (Å²) in [5.41, 5.74) is 5.87. The Balaban J connectivity index is 2.26. The predicted molar refractivity (Wildman–Crippen MR) is 54.0 cm³/mol. The minimum atomic E-state index is -0.170. The summed E-state index contributed by atoms with van der Waals surface area (Å²) in [5, 5.41) is 3.90.